The average Bonchev–Trinajstić information content (AvgIpc) is 3.17. The molecule has 202 valence electrons. The number of fused-ring (bicyclic) bond motifs is 7. The highest BCUT2D eigenvalue weighted by molar-refractivity contribution is 5.76. The Bertz CT molecular complexity index is 967. The van der Waals surface area contributed by atoms with Gasteiger partial charge in [0, 0.05) is 12.3 Å². The highest BCUT2D eigenvalue weighted by Gasteiger charge is 2.72. The Morgan fingerprint density at radius 1 is 0.806 bits per heavy atom. The summed E-state index contributed by atoms with van der Waals surface area (Å²) in [7, 11) is 0. The Morgan fingerprint density at radius 2 is 1.50 bits per heavy atom. The topological polar surface area (TPSA) is 63.6 Å². The molecule has 0 heterocycles. The highest BCUT2D eigenvalue weighted by Crippen LogP contribution is 2.77. The van der Waals surface area contributed by atoms with E-state index in [1.807, 2.05) is 0 Å². The molecule has 0 saturated heterocycles. The first-order valence-electron chi connectivity index (χ1n) is 14.7. The van der Waals surface area contributed by atoms with E-state index in [0.717, 1.165) is 44.9 Å². The zero-order valence-corrected chi connectivity index (χ0v) is 23.9. The SMILES string of the molecule is C=C(C)[C@@H]1CC[C@]2(C(=O)O)CC[C@]3(C)[C@H](CC[C@@H]4[C@@]5(C)CC[C@@H](OC(C)=O)C(C)(C)[C@H]5CC[C@]43C)[C@H]12. The summed E-state index contributed by atoms with van der Waals surface area (Å²) in [5.74, 6) is 1.49. The number of hydrogen-bond donors (Lipinski definition) is 1. The predicted molar refractivity (Wildman–Crippen MR) is 142 cm³/mol. The molecule has 0 aromatic heterocycles. The number of carboxylic acid groups (broad SMARTS) is 1. The van der Waals surface area contributed by atoms with Crippen molar-refractivity contribution in [3.8, 4) is 0 Å². The standard InChI is InChI=1S/C32H50O4/c1-19(2)21-11-16-32(27(34)35)18-17-30(7)22(26(21)32)9-10-24-29(6)14-13-25(36-20(3)33)28(4,5)23(29)12-15-31(24,30)8/h21-26H,1,9-18H2,2-8H3,(H,34,35)/t21-,22+,23+,24+,25+,26-,29-,30+,31+,32-/m0/s1. The average molecular weight is 499 g/mol. The molecule has 1 N–H and O–H groups in total. The van der Waals surface area contributed by atoms with Crippen molar-refractivity contribution in [2.24, 2.45) is 56.7 Å². The quantitative estimate of drug-likeness (QED) is 0.320. The number of esters is 1. The van der Waals surface area contributed by atoms with E-state index >= 15 is 0 Å². The molecule has 0 radical (unpaired) electrons. The van der Waals surface area contributed by atoms with Crippen molar-refractivity contribution in [3.63, 3.8) is 0 Å². The van der Waals surface area contributed by atoms with E-state index in [-0.39, 0.29) is 39.7 Å². The zero-order valence-electron chi connectivity index (χ0n) is 23.9. The van der Waals surface area contributed by atoms with Crippen LogP contribution in [0.3, 0.4) is 0 Å². The van der Waals surface area contributed by atoms with Crippen LogP contribution in [0.2, 0.25) is 0 Å². The lowest BCUT2D eigenvalue weighted by molar-refractivity contribution is -0.250. The van der Waals surface area contributed by atoms with Crippen LogP contribution in [0.25, 0.3) is 0 Å². The number of carboxylic acids is 1. The minimum absolute atomic E-state index is 0.00466. The summed E-state index contributed by atoms with van der Waals surface area (Å²) in [6.45, 7) is 20.4. The van der Waals surface area contributed by atoms with Gasteiger partial charge in [0.1, 0.15) is 6.10 Å². The molecular formula is C32H50O4. The lowest BCUT2D eigenvalue weighted by atomic mass is 9.32. The Labute approximate surface area is 219 Å². The Hall–Kier alpha value is -1.32. The minimum atomic E-state index is -0.553. The Morgan fingerprint density at radius 3 is 2.11 bits per heavy atom. The van der Waals surface area contributed by atoms with Gasteiger partial charge < -0.3 is 9.84 Å². The molecule has 0 bridgehead atoms. The predicted octanol–water partition coefficient (Wildman–Crippen LogP) is 7.66. The van der Waals surface area contributed by atoms with Gasteiger partial charge in [0.2, 0.25) is 0 Å². The van der Waals surface area contributed by atoms with Gasteiger partial charge in [-0.15, -0.1) is 0 Å². The first-order chi connectivity index (χ1) is 16.6. The van der Waals surface area contributed by atoms with Crippen LogP contribution in [-0.4, -0.2) is 23.1 Å². The molecule has 0 aliphatic heterocycles. The van der Waals surface area contributed by atoms with Crippen molar-refractivity contribution < 1.29 is 19.4 Å². The van der Waals surface area contributed by atoms with E-state index in [1.165, 1.54) is 24.8 Å². The summed E-state index contributed by atoms with van der Waals surface area (Å²) in [6.07, 6.45) is 10.5. The Balaban J connectivity index is 1.52. The third kappa shape index (κ3) is 3.17. The van der Waals surface area contributed by atoms with E-state index in [1.54, 1.807) is 6.92 Å². The van der Waals surface area contributed by atoms with Crippen LogP contribution >= 0.6 is 0 Å². The van der Waals surface area contributed by atoms with E-state index in [4.69, 9.17) is 4.74 Å². The summed E-state index contributed by atoms with van der Waals surface area (Å²) in [5.41, 5.74) is 1.20. The third-order valence-electron chi connectivity index (χ3n) is 13.7. The summed E-state index contributed by atoms with van der Waals surface area (Å²) >= 11 is 0. The molecule has 10 atom stereocenters. The van der Waals surface area contributed by atoms with Crippen molar-refractivity contribution in [2.75, 3.05) is 0 Å². The molecule has 0 spiro atoms. The fourth-order valence-electron chi connectivity index (χ4n) is 11.9. The maximum Gasteiger partial charge on any atom is 0.309 e. The van der Waals surface area contributed by atoms with Crippen LogP contribution in [-0.2, 0) is 14.3 Å². The van der Waals surface area contributed by atoms with Crippen LogP contribution in [0.5, 0.6) is 0 Å². The van der Waals surface area contributed by atoms with E-state index in [9.17, 15) is 14.7 Å². The second kappa shape index (κ2) is 8.09. The van der Waals surface area contributed by atoms with Gasteiger partial charge in [0.05, 0.1) is 5.41 Å². The normalized spacial score (nSPS) is 51.2. The van der Waals surface area contributed by atoms with Gasteiger partial charge in [0.25, 0.3) is 0 Å². The molecule has 5 rings (SSSR count). The number of carbonyl (C=O) groups is 2. The monoisotopic (exact) mass is 498 g/mol. The second-order valence-electron chi connectivity index (χ2n) is 15.1. The van der Waals surface area contributed by atoms with Gasteiger partial charge >= 0.3 is 11.9 Å². The van der Waals surface area contributed by atoms with E-state index in [2.05, 4.69) is 48.1 Å². The van der Waals surface area contributed by atoms with Gasteiger partial charge in [-0.1, -0.05) is 46.8 Å². The largest absolute Gasteiger partial charge is 0.481 e. The lowest BCUT2D eigenvalue weighted by Gasteiger charge is -2.72. The molecule has 0 amide bonds. The van der Waals surface area contributed by atoms with Crippen molar-refractivity contribution in [2.45, 2.75) is 119 Å². The van der Waals surface area contributed by atoms with Gasteiger partial charge in [-0.05, 0) is 117 Å². The fourth-order valence-corrected chi connectivity index (χ4v) is 11.9. The molecule has 5 aliphatic carbocycles. The molecule has 36 heavy (non-hydrogen) atoms. The second-order valence-corrected chi connectivity index (χ2v) is 15.1. The maximum absolute atomic E-state index is 12.8. The van der Waals surface area contributed by atoms with Crippen molar-refractivity contribution in [1.82, 2.24) is 0 Å². The van der Waals surface area contributed by atoms with E-state index < -0.39 is 11.4 Å². The van der Waals surface area contributed by atoms with Crippen LogP contribution in [0.15, 0.2) is 12.2 Å². The third-order valence-corrected chi connectivity index (χ3v) is 13.7. The minimum Gasteiger partial charge on any atom is -0.481 e. The van der Waals surface area contributed by atoms with Gasteiger partial charge in [-0.3, -0.25) is 9.59 Å². The number of allylic oxidation sites excluding steroid dienone is 1. The molecule has 0 aromatic carbocycles. The number of hydrogen-bond acceptors (Lipinski definition) is 3. The number of carbonyl (C=O) groups excluding carboxylic acids is 1. The molecule has 4 nitrogen and oxygen atoms in total. The van der Waals surface area contributed by atoms with Gasteiger partial charge in [-0.2, -0.15) is 0 Å². The van der Waals surface area contributed by atoms with Crippen molar-refractivity contribution in [3.05, 3.63) is 12.2 Å². The smallest absolute Gasteiger partial charge is 0.309 e. The fraction of sp³-hybridized carbons (Fsp3) is 0.875. The van der Waals surface area contributed by atoms with Crippen molar-refractivity contribution >= 4 is 11.9 Å². The van der Waals surface area contributed by atoms with Crippen molar-refractivity contribution in [1.29, 1.82) is 0 Å². The Kier molecular flexibility index (Phi) is 5.91. The van der Waals surface area contributed by atoms with Gasteiger partial charge in [-0.25, -0.2) is 0 Å². The summed E-state index contributed by atoms with van der Waals surface area (Å²) in [6, 6.07) is 0. The summed E-state index contributed by atoms with van der Waals surface area (Å²) in [5, 5.41) is 10.5. The zero-order chi connectivity index (χ0) is 26.5. The maximum atomic E-state index is 12.8. The lowest BCUT2D eigenvalue weighted by Crippen LogP contribution is -2.67. The summed E-state index contributed by atoms with van der Waals surface area (Å²) < 4.78 is 5.88. The molecule has 0 unspecified atom stereocenters. The molecule has 5 saturated carbocycles. The van der Waals surface area contributed by atoms with Gasteiger partial charge in [0.15, 0.2) is 0 Å². The first-order valence-corrected chi connectivity index (χ1v) is 14.7. The summed E-state index contributed by atoms with van der Waals surface area (Å²) in [4.78, 5) is 24.7. The van der Waals surface area contributed by atoms with E-state index in [0.29, 0.717) is 23.7 Å². The number of rotatable bonds is 3. The van der Waals surface area contributed by atoms with Crippen LogP contribution in [0.4, 0.5) is 0 Å². The first kappa shape index (κ1) is 26.3. The van der Waals surface area contributed by atoms with Crippen LogP contribution in [0, 0.1) is 56.7 Å². The highest BCUT2D eigenvalue weighted by atomic mass is 16.5. The molecule has 5 aliphatic rings. The molecule has 0 aromatic rings. The van der Waals surface area contributed by atoms with Crippen LogP contribution in [0.1, 0.15) is 113 Å². The molecule has 4 heteroatoms. The number of aliphatic carboxylic acids is 1. The molecular weight excluding hydrogens is 448 g/mol. The number of ether oxygens (including phenoxy) is 1. The molecule has 5 fully saturated rings. The van der Waals surface area contributed by atoms with Crippen LogP contribution < -0.4 is 0 Å².